The number of allylic oxidation sites excluding steroid dienone is 5. The van der Waals surface area contributed by atoms with Crippen LogP contribution in [0.15, 0.2) is 35.5 Å². The lowest BCUT2D eigenvalue weighted by molar-refractivity contribution is -0.188. The first kappa shape index (κ1) is 19.2. The van der Waals surface area contributed by atoms with Crippen LogP contribution in [0.3, 0.4) is 0 Å². The minimum atomic E-state index is -0.933. The molecule has 1 rings (SSSR count). The lowest BCUT2D eigenvalue weighted by atomic mass is 9.93. The first-order valence-corrected chi connectivity index (χ1v) is 7.90. The van der Waals surface area contributed by atoms with Crippen molar-refractivity contribution in [3.63, 3.8) is 0 Å². The van der Waals surface area contributed by atoms with E-state index in [4.69, 9.17) is 14.9 Å². The minimum Gasteiger partial charge on any atom is -0.478 e. The van der Waals surface area contributed by atoms with Crippen LogP contribution in [-0.2, 0) is 14.3 Å². The van der Waals surface area contributed by atoms with Crippen molar-refractivity contribution < 1.29 is 24.5 Å². The summed E-state index contributed by atoms with van der Waals surface area (Å²) in [7, 11) is 0. The van der Waals surface area contributed by atoms with Crippen molar-refractivity contribution in [1.29, 1.82) is 0 Å². The third-order valence-corrected chi connectivity index (χ3v) is 3.77. The highest BCUT2D eigenvalue weighted by Gasteiger charge is 2.40. The zero-order valence-corrected chi connectivity index (χ0v) is 14.0. The van der Waals surface area contributed by atoms with Gasteiger partial charge in [0.15, 0.2) is 0 Å². The summed E-state index contributed by atoms with van der Waals surface area (Å²) in [6.07, 6.45) is 9.51. The van der Waals surface area contributed by atoms with Crippen LogP contribution in [0, 0.1) is 11.8 Å². The van der Waals surface area contributed by atoms with Crippen LogP contribution >= 0.6 is 0 Å². The van der Waals surface area contributed by atoms with E-state index in [0.29, 0.717) is 5.92 Å². The van der Waals surface area contributed by atoms with Crippen LogP contribution < -0.4 is 0 Å². The molecule has 0 saturated carbocycles. The number of ether oxygens (including phenoxy) is 1. The fraction of sp³-hybridized carbons (Fsp3) is 0.556. The van der Waals surface area contributed by atoms with Gasteiger partial charge >= 0.3 is 11.9 Å². The number of aliphatic hydroxyl groups is 1. The van der Waals surface area contributed by atoms with Gasteiger partial charge in [0.05, 0.1) is 6.61 Å². The fourth-order valence-corrected chi connectivity index (χ4v) is 2.70. The summed E-state index contributed by atoms with van der Waals surface area (Å²) in [5.74, 6) is -1.24. The Kier molecular flexibility index (Phi) is 7.75. The Balaban J connectivity index is 2.33. The quantitative estimate of drug-likeness (QED) is 0.295. The number of hydrogen-bond donors (Lipinski definition) is 2. The van der Waals surface area contributed by atoms with Crippen molar-refractivity contribution in [1.82, 2.24) is 0 Å². The van der Waals surface area contributed by atoms with E-state index in [2.05, 4.69) is 19.1 Å². The Bertz CT molecular complexity index is 516. The zero-order chi connectivity index (χ0) is 17.4. The summed E-state index contributed by atoms with van der Waals surface area (Å²) in [6, 6.07) is 0. The molecule has 1 aliphatic heterocycles. The maximum atomic E-state index is 11.0. The lowest BCUT2D eigenvalue weighted by Gasteiger charge is -2.33. The topological polar surface area (TPSA) is 83.8 Å². The van der Waals surface area contributed by atoms with Gasteiger partial charge in [-0.1, -0.05) is 30.7 Å². The third-order valence-electron chi connectivity index (χ3n) is 3.77. The van der Waals surface area contributed by atoms with E-state index in [0.717, 1.165) is 30.4 Å². The fourth-order valence-electron chi connectivity index (χ4n) is 2.70. The van der Waals surface area contributed by atoms with Crippen molar-refractivity contribution in [2.24, 2.45) is 11.8 Å². The van der Waals surface area contributed by atoms with Crippen LogP contribution in [0.1, 0.15) is 40.0 Å². The summed E-state index contributed by atoms with van der Waals surface area (Å²) in [4.78, 5) is 21.6. The largest absolute Gasteiger partial charge is 0.478 e. The smallest absolute Gasteiger partial charge is 0.328 e. The van der Waals surface area contributed by atoms with E-state index < -0.39 is 5.97 Å². The number of carboxylic acid groups (broad SMARTS) is 1. The Morgan fingerprint density at radius 2 is 2.04 bits per heavy atom. The van der Waals surface area contributed by atoms with Crippen LogP contribution in [0.5, 0.6) is 0 Å². The van der Waals surface area contributed by atoms with E-state index >= 15 is 0 Å². The number of cyclic esters (lactones) is 1. The van der Waals surface area contributed by atoms with Crippen molar-refractivity contribution in [3.8, 4) is 0 Å². The zero-order valence-electron chi connectivity index (χ0n) is 14.0. The predicted octanol–water partition coefficient (Wildman–Crippen LogP) is 2.86. The average molecular weight is 322 g/mol. The molecule has 1 heterocycles. The molecule has 0 unspecified atom stereocenters. The molecule has 23 heavy (non-hydrogen) atoms. The molecule has 0 aromatic carbocycles. The first-order valence-electron chi connectivity index (χ1n) is 7.90. The number of carboxylic acids is 1. The molecule has 0 bridgehead atoms. The van der Waals surface area contributed by atoms with Crippen molar-refractivity contribution >= 4 is 11.9 Å². The number of carbonyl (C=O) groups excluding carboxylic acids is 1. The molecule has 0 aromatic heterocycles. The van der Waals surface area contributed by atoms with Crippen LogP contribution in [0.25, 0.3) is 0 Å². The summed E-state index contributed by atoms with van der Waals surface area (Å²) in [5.41, 5.74) is 1.86. The monoisotopic (exact) mass is 322 g/mol. The highest BCUT2D eigenvalue weighted by Crippen LogP contribution is 2.26. The summed E-state index contributed by atoms with van der Waals surface area (Å²) in [5, 5.41) is 17.7. The Morgan fingerprint density at radius 1 is 1.35 bits per heavy atom. The van der Waals surface area contributed by atoms with Gasteiger partial charge < -0.3 is 14.9 Å². The van der Waals surface area contributed by atoms with Gasteiger partial charge in [-0.2, -0.15) is 0 Å². The van der Waals surface area contributed by atoms with Gasteiger partial charge in [0.25, 0.3) is 0 Å². The second-order valence-corrected chi connectivity index (χ2v) is 6.17. The molecule has 1 aliphatic rings. The molecule has 1 fully saturated rings. The highest BCUT2D eigenvalue weighted by atomic mass is 16.6. The van der Waals surface area contributed by atoms with Gasteiger partial charge in [-0.15, -0.1) is 0 Å². The number of hydrogen-bond acceptors (Lipinski definition) is 4. The number of esters is 1. The maximum Gasteiger partial charge on any atom is 0.328 e. The van der Waals surface area contributed by atoms with Crippen LogP contribution in [-0.4, -0.2) is 34.9 Å². The second-order valence-electron chi connectivity index (χ2n) is 6.17. The molecule has 1 saturated heterocycles. The van der Waals surface area contributed by atoms with E-state index in [-0.39, 0.29) is 24.6 Å². The van der Waals surface area contributed by atoms with Gasteiger partial charge in [0, 0.05) is 6.08 Å². The standard InChI is InChI=1S/C18H26O5/c1-12(8-13(2)9-14(3)10-17(20)21)6-4-5-7-16-15(11-19)18(22)23-16/h4,6,9-10,12,15-16,19H,5,7-8,11H2,1-3H3,(H,20,21)/b6-4+,13-9+,14-10+/t12-,15-,16-/m1/s1. The third kappa shape index (κ3) is 6.82. The van der Waals surface area contributed by atoms with E-state index in [1.165, 1.54) is 6.08 Å². The van der Waals surface area contributed by atoms with Gasteiger partial charge in [-0.3, -0.25) is 4.79 Å². The van der Waals surface area contributed by atoms with Crippen molar-refractivity contribution in [3.05, 3.63) is 35.5 Å². The predicted molar refractivity (Wildman–Crippen MR) is 87.8 cm³/mol. The molecule has 2 N–H and O–H groups in total. The molecule has 5 heteroatoms. The molecule has 0 aliphatic carbocycles. The van der Waals surface area contributed by atoms with E-state index in [1.54, 1.807) is 6.92 Å². The maximum absolute atomic E-state index is 11.0. The van der Waals surface area contributed by atoms with E-state index in [1.807, 2.05) is 13.0 Å². The van der Waals surface area contributed by atoms with Gasteiger partial charge in [0.1, 0.15) is 12.0 Å². The van der Waals surface area contributed by atoms with Crippen LogP contribution in [0.2, 0.25) is 0 Å². The van der Waals surface area contributed by atoms with Gasteiger partial charge in [0.2, 0.25) is 0 Å². The number of carbonyl (C=O) groups is 2. The normalized spacial score (nSPS) is 23.6. The number of aliphatic hydroxyl groups excluding tert-OH is 1. The summed E-state index contributed by atoms with van der Waals surface area (Å²) >= 11 is 0. The first-order chi connectivity index (χ1) is 10.8. The summed E-state index contributed by atoms with van der Waals surface area (Å²) in [6.45, 7) is 5.72. The second kappa shape index (κ2) is 9.30. The molecule has 0 spiro atoms. The van der Waals surface area contributed by atoms with Gasteiger partial charge in [-0.05, 0) is 44.6 Å². The Morgan fingerprint density at radius 3 is 2.61 bits per heavy atom. The molecule has 0 aromatic rings. The Labute approximate surface area is 137 Å². The molecule has 0 radical (unpaired) electrons. The Hall–Kier alpha value is -1.88. The number of rotatable bonds is 9. The van der Waals surface area contributed by atoms with Crippen molar-refractivity contribution in [2.45, 2.75) is 46.1 Å². The molecule has 128 valence electrons. The lowest BCUT2D eigenvalue weighted by Crippen LogP contribution is -2.46. The van der Waals surface area contributed by atoms with Crippen LogP contribution in [0.4, 0.5) is 0 Å². The highest BCUT2D eigenvalue weighted by molar-refractivity contribution is 5.81. The number of aliphatic carboxylic acids is 1. The molecular weight excluding hydrogens is 296 g/mol. The summed E-state index contributed by atoms with van der Waals surface area (Å²) < 4.78 is 4.99. The average Bonchev–Trinajstić information content (AvgIpc) is 2.40. The van der Waals surface area contributed by atoms with Crippen molar-refractivity contribution in [2.75, 3.05) is 6.61 Å². The molecule has 0 amide bonds. The molecular formula is C18H26O5. The van der Waals surface area contributed by atoms with Gasteiger partial charge in [-0.25, -0.2) is 4.79 Å². The molecule has 5 nitrogen and oxygen atoms in total. The van der Waals surface area contributed by atoms with E-state index in [9.17, 15) is 9.59 Å². The minimum absolute atomic E-state index is 0.142. The molecule has 3 atom stereocenters. The SMILES string of the molecule is CC(=C\C(=O)O)/C=C(\C)C[C@H](C)/C=C/CC[C@H]1OC(=O)[C@@H]1CO.